The minimum absolute atomic E-state index is 0.365. The lowest BCUT2D eigenvalue weighted by molar-refractivity contribution is -0.112. The Balaban J connectivity index is 2.59. The molecule has 1 aliphatic heterocycles. The number of carbonyl (C=O) groups is 2. The van der Waals surface area contributed by atoms with Crippen LogP contribution >= 0.6 is 0 Å². The van der Waals surface area contributed by atoms with E-state index in [0.29, 0.717) is 17.7 Å². The Bertz CT molecular complexity index is 469. The summed E-state index contributed by atoms with van der Waals surface area (Å²) in [4.78, 5) is 22.5. The molecule has 68 valence electrons. The van der Waals surface area contributed by atoms with Crippen LogP contribution in [0.1, 0.15) is 15.9 Å². The Labute approximate surface area is 81.1 Å². The molecule has 0 aliphatic carbocycles. The molecule has 0 saturated heterocycles. The lowest BCUT2D eigenvalue weighted by Gasteiger charge is -2.01. The van der Waals surface area contributed by atoms with Gasteiger partial charge in [-0.15, -0.1) is 12.3 Å². The number of rotatable bonds is 1. The SMILES string of the molecule is C#CCc1cccc2c1C(=O)C(=O)N2. The second kappa shape index (κ2) is 3.00. The van der Waals surface area contributed by atoms with E-state index in [4.69, 9.17) is 6.42 Å². The molecular formula is C11H7NO2. The monoisotopic (exact) mass is 185 g/mol. The molecule has 1 aromatic rings. The van der Waals surface area contributed by atoms with Crippen molar-refractivity contribution in [3.63, 3.8) is 0 Å². The van der Waals surface area contributed by atoms with Crippen LogP contribution in [0.15, 0.2) is 18.2 Å². The van der Waals surface area contributed by atoms with Crippen molar-refractivity contribution < 1.29 is 9.59 Å². The van der Waals surface area contributed by atoms with Crippen LogP contribution in [0.4, 0.5) is 5.69 Å². The maximum absolute atomic E-state index is 11.4. The summed E-state index contributed by atoms with van der Waals surface area (Å²) in [7, 11) is 0. The van der Waals surface area contributed by atoms with E-state index in [9.17, 15) is 9.59 Å². The lowest BCUT2D eigenvalue weighted by atomic mass is 10.0. The van der Waals surface area contributed by atoms with Gasteiger partial charge in [0, 0.05) is 6.42 Å². The molecule has 1 aliphatic rings. The van der Waals surface area contributed by atoms with E-state index < -0.39 is 11.7 Å². The van der Waals surface area contributed by atoms with Gasteiger partial charge in [-0.2, -0.15) is 0 Å². The Kier molecular flexibility index (Phi) is 1.83. The van der Waals surface area contributed by atoms with Crippen LogP contribution in [0.3, 0.4) is 0 Å². The van der Waals surface area contributed by atoms with Crippen molar-refractivity contribution in [3.05, 3.63) is 29.3 Å². The van der Waals surface area contributed by atoms with Crippen molar-refractivity contribution in [3.8, 4) is 12.3 Å². The molecule has 0 fully saturated rings. The summed E-state index contributed by atoms with van der Waals surface area (Å²) in [5, 5.41) is 2.49. The van der Waals surface area contributed by atoms with Gasteiger partial charge >= 0.3 is 0 Å². The van der Waals surface area contributed by atoms with Crippen molar-refractivity contribution in [2.24, 2.45) is 0 Å². The quantitative estimate of drug-likeness (QED) is 0.524. The highest BCUT2D eigenvalue weighted by Gasteiger charge is 2.29. The predicted molar refractivity (Wildman–Crippen MR) is 51.9 cm³/mol. The van der Waals surface area contributed by atoms with Gasteiger partial charge in [-0.1, -0.05) is 12.1 Å². The molecule has 0 radical (unpaired) electrons. The zero-order valence-electron chi connectivity index (χ0n) is 7.33. The molecule has 1 N–H and O–H groups in total. The third kappa shape index (κ3) is 1.09. The molecule has 0 bridgehead atoms. The van der Waals surface area contributed by atoms with E-state index in [-0.39, 0.29) is 0 Å². The van der Waals surface area contributed by atoms with E-state index in [1.54, 1.807) is 18.2 Å². The van der Waals surface area contributed by atoms with E-state index in [1.165, 1.54) is 0 Å². The third-order valence-corrected chi connectivity index (χ3v) is 2.12. The molecule has 0 unspecified atom stereocenters. The number of ketones is 1. The number of hydrogen-bond acceptors (Lipinski definition) is 2. The molecule has 1 amide bonds. The van der Waals surface area contributed by atoms with Crippen molar-refractivity contribution in [1.82, 2.24) is 0 Å². The number of carbonyl (C=O) groups excluding carboxylic acids is 2. The molecule has 2 rings (SSSR count). The largest absolute Gasteiger partial charge is 0.318 e. The van der Waals surface area contributed by atoms with E-state index >= 15 is 0 Å². The first-order chi connectivity index (χ1) is 6.74. The van der Waals surface area contributed by atoms with Crippen LogP contribution in [0.2, 0.25) is 0 Å². The zero-order chi connectivity index (χ0) is 10.1. The Hall–Kier alpha value is -2.08. The molecule has 1 heterocycles. The summed E-state index contributed by atoms with van der Waals surface area (Å²) >= 11 is 0. The minimum Gasteiger partial charge on any atom is -0.318 e. The van der Waals surface area contributed by atoms with E-state index in [0.717, 1.165) is 5.56 Å². The molecular weight excluding hydrogens is 178 g/mol. The average molecular weight is 185 g/mol. The fraction of sp³-hybridized carbons (Fsp3) is 0.0909. The van der Waals surface area contributed by atoms with Gasteiger partial charge in [0.25, 0.3) is 11.7 Å². The summed E-state index contributed by atoms with van der Waals surface area (Å²) in [6.45, 7) is 0. The normalized spacial score (nSPS) is 13.4. The number of amides is 1. The van der Waals surface area contributed by atoms with Crippen LogP contribution in [0.25, 0.3) is 0 Å². The van der Waals surface area contributed by atoms with Gasteiger partial charge in [-0.25, -0.2) is 0 Å². The molecule has 3 heteroatoms. The number of hydrogen-bond donors (Lipinski definition) is 1. The Morgan fingerprint density at radius 1 is 1.36 bits per heavy atom. The number of benzene rings is 1. The Morgan fingerprint density at radius 2 is 2.14 bits per heavy atom. The van der Waals surface area contributed by atoms with Gasteiger partial charge in [0.1, 0.15) is 0 Å². The van der Waals surface area contributed by atoms with Gasteiger partial charge in [0.2, 0.25) is 0 Å². The molecule has 1 aromatic carbocycles. The van der Waals surface area contributed by atoms with Gasteiger partial charge < -0.3 is 5.32 Å². The number of terminal acetylenes is 1. The first-order valence-electron chi connectivity index (χ1n) is 4.15. The van der Waals surface area contributed by atoms with Crippen LogP contribution in [0.5, 0.6) is 0 Å². The fourth-order valence-electron chi connectivity index (χ4n) is 1.52. The maximum Gasteiger partial charge on any atom is 0.296 e. The zero-order valence-corrected chi connectivity index (χ0v) is 7.33. The van der Waals surface area contributed by atoms with Gasteiger partial charge in [-0.3, -0.25) is 9.59 Å². The van der Waals surface area contributed by atoms with E-state index in [1.807, 2.05) is 0 Å². The summed E-state index contributed by atoms with van der Waals surface area (Å²) < 4.78 is 0. The second-order valence-electron chi connectivity index (χ2n) is 3.00. The van der Waals surface area contributed by atoms with Crippen LogP contribution in [-0.4, -0.2) is 11.7 Å². The highest BCUT2D eigenvalue weighted by molar-refractivity contribution is 6.52. The molecule has 0 aromatic heterocycles. The van der Waals surface area contributed by atoms with E-state index in [2.05, 4.69) is 11.2 Å². The van der Waals surface area contributed by atoms with Gasteiger partial charge in [-0.05, 0) is 11.6 Å². The molecule has 14 heavy (non-hydrogen) atoms. The van der Waals surface area contributed by atoms with Gasteiger partial charge in [0.15, 0.2) is 0 Å². The maximum atomic E-state index is 11.4. The summed E-state index contributed by atoms with van der Waals surface area (Å²) in [6, 6.07) is 5.22. The first kappa shape index (κ1) is 8.52. The molecule has 0 saturated carbocycles. The summed E-state index contributed by atoms with van der Waals surface area (Å²) in [5.41, 5.74) is 1.72. The van der Waals surface area contributed by atoms with Crippen LogP contribution < -0.4 is 5.32 Å². The second-order valence-corrected chi connectivity index (χ2v) is 3.00. The smallest absolute Gasteiger partial charge is 0.296 e. The topological polar surface area (TPSA) is 46.2 Å². The molecule has 3 nitrogen and oxygen atoms in total. The lowest BCUT2D eigenvalue weighted by Crippen LogP contribution is -2.13. The summed E-state index contributed by atoms with van der Waals surface area (Å²) in [5.74, 6) is 1.38. The highest BCUT2D eigenvalue weighted by Crippen LogP contribution is 2.26. The van der Waals surface area contributed by atoms with Crippen molar-refractivity contribution in [2.75, 3.05) is 5.32 Å². The van der Waals surface area contributed by atoms with Crippen molar-refractivity contribution >= 4 is 17.4 Å². The first-order valence-corrected chi connectivity index (χ1v) is 4.15. The van der Waals surface area contributed by atoms with Crippen molar-refractivity contribution in [1.29, 1.82) is 0 Å². The number of Topliss-reactive ketones (excluding diaryl/α,β-unsaturated/α-hetero) is 1. The number of anilines is 1. The number of nitrogens with one attached hydrogen (secondary N) is 1. The molecule has 0 spiro atoms. The minimum atomic E-state index is -0.579. The van der Waals surface area contributed by atoms with Crippen LogP contribution in [0, 0.1) is 12.3 Å². The third-order valence-electron chi connectivity index (χ3n) is 2.12. The Morgan fingerprint density at radius 3 is 2.86 bits per heavy atom. The van der Waals surface area contributed by atoms with Crippen LogP contribution in [-0.2, 0) is 11.2 Å². The predicted octanol–water partition coefficient (Wildman–Crippen LogP) is 0.997. The average Bonchev–Trinajstić information content (AvgIpc) is 2.45. The van der Waals surface area contributed by atoms with Gasteiger partial charge in [0.05, 0.1) is 11.3 Å². The van der Waals surface area contributed by atoms with Crippen molar-refractivity contribution in [2.45, 2.75) is 6.42 Å². The fourth-order valence-corrected chi connectivity index (χ4v) is 1.52. The number of fused-ring (bicyclic) bond motifs is 1. The highest BCUT2D eigenvalue weighted by atomic mass is 16.2. The molecule has 0 atom stereocenters. The summed E-state index contributed by atoms with van der Waals surface area (Å²) in [6.07, 6.45) is 5.53. The standard InChI is InChI=1S/C11H7NO2/c1-2-4-7-5-3-6-8-9(7)10(13)11(14)12-8/h1,3,5-6H,4H2,(H,12,13,14).